The summed E-state index contributed by atoms with van der Waals surface area (Å²) in [6.07, 6.45) is 0. The maximum Gasteiger partial charge on any atom is 0.170 e. The Morgan fingerprint density at radius 1 is 1.30 bits per heavy atom. The van der Waals surface area contributed by atoms with E-state index in [1.54, 1.807) is 11.8 Å². The average molecular weight is 275 g/mol. The molecule has 1 aromatic heterocycles. The van der Waals surface area contributed by atoms with Crippen molar-refractivity contribution in [3.63, 3.8) is 0 Å². The zero-order valence-electron chi connectivity index (χ0n) is 12.6. The van der Waals surface area contributed by atoms with Gasteiger partial charge in [0.05, 0.1) is 13.7 Å². The van der Waals surface area contributed by atoms with Gasteiger partial charge in [0, 0.05) is 5.54 Å². The van der Waals surface area contributed by atoms with Crippen molar-refractivity contribution in [3.8, 4) is 11.4 Å². The third kappa shape index (κ3) is 3.33. The highest BCUT2D eigenvalue weighted by molar-refractivity contribution is 5.48. The Morgan fingerprint density at radius 2 is 2.05 bits per heavy atom. The Bertz CT molecular complexity index is 585. The zero-order valence-corrected chi connectivity index (χ0v) is 12.6. The lowest BCUT2D eigenvalue weighted by molar-refractivity contribution is 0.405. The maximum absolute atomic E-state index is 5.39. The second-order valence-electron chi connectivity index (χ2n) is 5.79. The van der Waals surface area contributed by atoms with Crippen LogP contribution in [0.15, 0.2) is 18.2 Å². The molecule has 0 bridgehead atoms. The van der Waals surface area contributed by atoms with E-state index in [9.17, 15) is 0 Å². The van der Waals surface area contributed by atoms with Gasteiger partial charge in [-0.05, 0) is 55.8 Å². The number of rotatable bonds is 4. The fourth-order valence-corrected chi connectivity index (χ4v) is 1.81. The first-order valence-electron chi connectivity index (χ1n) is 6.58. The molecule has 6 nitrogen and oxygen atoms in total. The standard InChI is InChI=1S/C14H21N5O/c1-10-6-7-12(20-5)11(8-10)19-13(16-17-18-19)9-15-14(2,3)4/h6-8,15H,9H2,1-5H3. The molecular formula is C14H21N5O. The van der Waals surface area contributed by atoms with Gasteiger partial charge in [0.25, 0.3) is 0 Å². The van der Waals surface area contributed by atoms with Crippen LogP contribution in [0.25, 0.3) is 5.69 Å². The van der Waals surface area contributed by atoms with Crippen LogP contribution in [0.2, 0.25) is 0 Å². The molecule has 1 aromatic carbocycles. The molecule has 0 amide bonds. The van der Waals surface area contributed by atoms with Crippen molar-refractivity contribution in [2.45, 2.75) is 39.8 Å². The van der Waals surface area contributed by atoms with Crippen LogP contribution < -0.4 is 10.1 Å². The van der Waals surface area contributed by atoms with E-state index in [4.69, 9.17) is 4.74 Å². The fourth-order valence-electron chi connectivity index (χ4n) is 1.81. The van der Waals surface area contributed by atoms with Crippen molar-refractivity contribution in [1.29, 1.82) is 0 Å². The van der Waals surface area contributed by atoms with E-state index < -0.39 is 0 Å². The van der Waals surface area contributed by atoms with Gasteiger partial charge in [-0.15, -0.1) is 5.10 Å². The Balaban J connectivity index is 2.34. The Kier molecular flexibility index (Phi) is 4.04. The molecule has 0 unspecified atom stereocenters. The summed E-state index contributed by atoms with van der Waals surface area (Å²) < 4.78 is 7.10. The van der Waals surface area contributed by atoms with Crippen LogP contribution in [0.1, 0.15) is 32.2 Å². The van der Waals surface area contributed by atoms with E-state index >= 15 is 0 Å². The van der Waals surface area contributed by atoms with Crippen LogP contribution in [0, 0.1) is 6.92 Å². The minimum atomic E-state index is 0.00741. The molecule has 2 rings (SSSR count). The molecule has 0 saturated heterocycles. The highest BCUT2D eigenvalue weighted by Gasteiger charge is 2.15. The second kappa shape index (κ2) is 5.58. The monoisotopic (exact) mass is 275 g/mol. The number of tetrazole rings is 1. The second-order valence-corrected chi connectivity index (χ2v) is 5.79. The first-order chi connectivity index (χ1) is 9.40. The summed E-state index contributed by atoms with van der Waals surface area (Å²) in [7, 11) is 1.64. The van der Waals surface area contributed by atoms with E-state index in [-0.39, 0.29) is 5.54 Å². The van der Waals surface area contributed by atoms with E-state index in [0.29, 0.717) is 6.54 Å². The predicted octanol–water partition coefficient (Wildman–Crippen LogP) is 1.87. The normalized spacial score (nSPS) is 11.7. The van der Waals surface area contributed by atoms with Crippen LogP contribution in [-0.4, -0.2) is 32.9 Å². The van der Waals surface area contributed by atoms with Crippen LogP contribution in [-0.2, 0) is 6.54 Å². The molecule has 0 fully saturated rings. The van der Waals surface area contributed by atoms with Gasteiger partial charge in [-0.2, -0.15) is 4.68 Å². The van der Waals surface area contributed by atoms with Crippen LogP contribution >= 0.6 is 0 Å². The third-order valence-corrected chi connectivity index (χ3v) is 2.87. The Labute approximate surface area is 119 Å². The summed E-state index contributed by atoms with van der Waals surface area (Å²) in [4.78, 5) is 0. The number of hydrogen-bond donors (Lipinski definition) is 1. The van der Waals surface area contributed by atoms with Crippen LogP contribution in [0.5, 0.6) is 5.75 Å². The zero-order chi connectivity index (χ0) is 14.8. The van der Waals surface area contributed by atoms with Crippen molar-refractivity contribution >= 4 is 0 Å². The Morgan fingerprint density at radius 3 is 2.70 bits per heavy atom. The molecule has 2 aromatic rings. The van der Waals surface area contributed by atoms with E-state index in [0.717, 1.165) is 22.8 Å². The number of benzene rings is 1. The first kappa shape index (κ1) is 14.5. The molecule has 108 valence electrons. The number of aryl methyl sites for hydroxylation is 1. The van der Waals surface area contributed by atoms with E-state index in [1.807, 2.05) is 25.1 Å². The molecule has 1 N–H and O–H groups in total. The minimum absolute atomic E-state index is 0.00741. The molecule has 0 aliphatic heterocycles. The minimum Gasteiger partial charge on any atom is -0.494 e. The number of nitrogens with zero attached hydrogens (tertiary/aromatic N) is 4. The molecule has 0 aliphatic carbocycles. The van der Waals surface area contributed by atoms with Crippen molar-refractivity contribution in [2.75, 3.05) is 7.11 Å². The lowest BCUT2D eigenvalue weighted by Gasteiger charge is -2.20. The highest BCUT2D eigenvalue weighted by atomic mass is 16.5. The molecule has 1 heterocycles. The summed E-state index contributed by atoms with van der Waals surface area (Å²) >= 11 is 0. The summed E-state index contributed by atoms with van der Waals surface area (Å²) in [5.41, 5.74) is 1.99. The van der Waals surface area contributed by atoms with Gasteiger partial charge in [-0.3, -0.25) is 0 Å². The third-order valence-electron chi connectivity index (χ3n) is 2.87. The van der Waals surface area contributed by atoms with Crippen LogP contribution in [0.4, 0.5) is 0 Å². The SMILES string of the molecule is COc1ccc(C)cc1-n1nnnc1CNC(C)(C)C. The fraction of sp³-hybridized carbons (Fsp3) is 0.500. The van der Waals surface area contributed by atoms with E-state index in [1.165, 1.54) is 0 Å². The molecular weight excluding hydrogens is 254 g/mol. The molecule has 0 radical (unpaired) electrons. The average Bonchev–Trinajstić information content (AvgIpc) is 2.83. The van der Waals surface area contributed by atoms with Gasteiger partial charge >= 0.3 is 0 Å². The number of aromatic nitrogens is 4. The van der Waals surface area contributed by atoms with Crippen molar-refractivity contribution < 1.29 is 4.74 Å². The summed E-state index contributed by atoms with van der Waals surface area (Å²) in [6, 6.07) is 5.93. The number of nitrogens with one attached hydrogen (secondary N) is 1. The van der Waals surface area contributed by atoms with Gasteiger partial charge in [0.1, 0.15) is 11.4 Å². The predicted molar refractivity (Wildman–Crippen MR) is 77.0 cm³/mol. The molecule has 6 heteroatoms. The number of methoxy groups -OCH3 is 1. The van der Waals surface area contributed by atoms with Gasteiger partial charge in [0.2, 0.25) is 0 Å². The smallest absolute Gasteiger partial charge is 0.170 e. The summed E-state index contributed by atoms with van der Waals surface area (Å²) in [5.74, 6) is 1.50. The molecule has 0 atom stereocenters. The number of ether oxygens (including phenoxy) is 1. The molecule has 0 saturated carbocycles. The number of hydrogen-bond acceptors (Lipinski definition) is 5. The first-order valence-corrected chi connectivity index (χ1v) is 6.58. The van der Waals surface area contributed by atoms with Crippen molar-refractivity contribution in [3.05, 3.63) is 29.6 Å². The quantitative estimate of drug-likeness (QED) is 0.922. The lowest BCUT2D eigenvalue weighted by atomic mass is 10.1. The topological polar surface area (TPSA) is 64.9 Å². The Hall–Kier alpha value is -1.95. The van der Waals surface area contributed by atoms with Gasteiger partial charge in [0.15, 0.2) is 5.82 Å². The van der Waals surface area contributed by atoms with Crippen molar-refractivity contribution in [2.24, 2.45) is 0 Å². The maximum atomic E-state index is 5.39. The molecule has 20 heavy (non-hydrogen) atoms. The highest BCUT2D eigenvalue weighted by Crippen LogP contribution is 2.23. The van der Waals surface area contributed by atoms with Gasteiger partial charge < -0.3 is 10.1 Å². The van der Waals surface area contributed by atoms with Crippen LogP contribution in [0.3, 0.4) is 0 Å². The molecule has 0 aliphatic rings. The van der Waals surface area contributed by atoms with Crippen molar-refractivity contribution in [1.82, 2.24) is 25.5 Å². The van der Waals surface area contributed by atoms with Gasteiger partial charge in [-0.1, -0.05) is 6.07 Å². The summed E-state index contributed by atoms with van der Waals surface area (Å²) in [6.45, 7) is 8.94. The molecule has 0 spiro atoms. The largest absolute Gasteiger partial charge is 0.494 e. The summed E-state index contributed by atoms with van der Waals surface area (Å²) in [5, 5.41) is 15.3. The van der Waals surface area contributed by atoms with Gasteiger partial charge in [-0.25, -0.2) is 0 Å². The lowest BCUT2D eigenvalue weighted by Crippen LogP contribution is -2.36. The van der Waals surface area contributed by atoms with E-state index in [2.05, 4.69) is 41.6 Å².